The van der Waals surface area contributed by atoms with Crippen molar-refractivity contribution in [1.82, 2.24) is 0 Å². The summed E-state index contributed by atoms with van der Waals surface area (Å²) in [6, 6.07) is 9.35. The van der Waals surface area contributed by atoms with E-state index in [0.717, 1.165) is 16.7 Å². The van der Waals surface area contributed by atoms with Crippen molar-refractivity contribution in [3.8, 4) is 5.75 Å². The molecule has 1 aromatic carbocycles. The summed E-state index contributed by atoms with van der Waals surface area (Å²) in [6.45, 7) is 4.07. The van der Waals surface area contributed by atoms with Crippen molar-refractivity contribution in [3.05, 3.63) is 47.7 Å². The Morgan fingerprint density at radius 1 is 1.33 bits per heavy atom. The molecule has 1 aromatic heterocycles. The number of benzene rings is 1. The Morgan fingerprint density at radius 3 is 2.93 bits per heavy atom. The predicted octanol–water partition coefficient (Wildman–Crippen LogP) is 3.73. The van der Waals surface area contributed by atoms with Gasteiger partial charge in [-0.3, -0.25) is 0 Å². The Hall–Kier alpha value is -1.61. The third kappa shape index (κ3) is 2.25. The van der Waals surface area contributed by atoms with Crippen LogP contribution < -0.4 is 4.74 Å². The summed E-state index contributed by atoms with van der Waals surface area (Å²) >= 11 is 4.95. The monoisotopic (exact) mass is 218 g/mol. The highest BCUT2D eigenvalue weighted by Gasteiger charge is 1.98. The third-order valence-electron chi connectivity index (χ3n) is 1.96. The van der Waals surface area contributed by atoms with E-state index in [0.29, 0.717) is 11.3 Å². The summed E-state index contributed by atoms with van der Waals surface area (Å²) in [5.41, 5.74) is 0.740. The lowest BCUT2D eigenvalue weighted by Crippen LogP contribution is -1.92. The van der Waals surface area contributed by atoms with Crippen molar-refractivity contribution in [1.29, 1.82) is 0 Å². The smallest absolute Gasteiger partial charge is 0.190 e. The first kappa shape index (κ1) is 9.93. The Labute approximate surface area is 92.8 Å². The lowest BCUT2D eigenvalue weighted by Gasteiger charge is -2.03. The van der Waals surface area contributed by atoms with Crippen LogP contribution in [0.4, 0.5) is 0 Å². The standard InChI is InChI=1S/C12H10O2S/c1-2-7-13-10-5-3-9-4-6-12(15)14-11(9)8-10/h2-6,8H,1,7H2. The fraction of sp³-hybridized carbons (Fsp3) is 0.0833. The zero-order chi connectivity index (χ0) is 10.7. The summed E-state index contributed by atoms with van der Waals surface area (Å²) in [5.74, 6) is 0.756. The molecule has 0 fully saturated rings. The maximum atomic E-state index is 5.39. The average Bonchev–Trinajstić information content (AvgIpc) is 2.25. The van der Waals surface area contributed by atoms with Gasteiger partial charge in [-0.1, -0.05) is 12.7 Å². The zero-order valence-corrected chi connectivity index (χ0v) is 8.92. The van der Waals surface area contributed by atoms with Crippen LogP contribution in [0.15, 0.2) is 47.4 Å². The minimum atomic E-state index is 0.475. The highest BCUT2D eigenvalue weighted by atomic mass is 32.1. The summed E-state index contributed by atoms with van der Waals surface area (Å²) in [6.07, 6.45) is 1.70. The third-order valence-corrected chi connectivity index (χ3v) is 2.18. The maximum Gasteiger partial charge on any atom is 0.190 e. The van der Waals surface area contributed by atoms with Gasteiger partial charge in [0, 0.05) is 11.5 Å². The molecule has 0 amide bonds. The van der Waals surface area contributed by atoms with Crippen molar-refractivity contribution >= 4 is 23.2 Å². The highest BCUT2D eigenvalue weighted by molar-refractivity contribution is 7.71. The number of hydrogen-bond acceptors (Lipinski definition) is 3. The highest BCUT2D eigenvalue weighted by Crippen LogP contribution is 2.20. The van der Waals surface area contributed by atoms with Crippen LogP contribution in [-0.2, 0) is 0 Å². The molecule has 0 N–H and O–H groups in total. The second kappa shape index (κ2) is 4.28. The zero-order valence-electron chi connectivity index (χ0n) is 8.10. The molecule has 0 spiro atoms. The molecule has 0 atom stereocenters. The van der Waals surface area contributed by atoms with Gasteiger partial charge < -0.3 is 9.15 Å². The molecule has 0 unspecified atom stereocenters. The molecule has 0 radical (unpaired) electrons. The first-order valence-electron chi connectivity index (χ1n) is 4.57. The SMILES string of the molecule is C=CCOc1ccc2ccc(=S)oc2c1. The summed E-state index contributed by atoms with van der Waals surface area (Å²) in [7, 11) is 0. The molecule has 2 rings (SSSR count). The molecule has 0 aliphatic carbocycles. The molecule has 0 saturated heterocycles. The van der Waals surface area contributed by atoms with E-state index >= 15 is 0 Å². The van der Waals surface area contributed by atoms with Gasteiger partial charge in [0.15, 0.2) is 4.71 Å². The van der Waals surface area contributed by atoms with Gasteiger partial charge in [0.05, 0.1) is 0 Å². The Balaban J connectivity index is 2.44. The van der Waals surface area contributed by atoms with Crippen molar-refractivity contribution in [2.45, 2.75) is 0 Å². The summed E-state index contributed by atoms with van der Waals surface area (Å²) in [4.78, 5) is 0. The Kier molecular flexibility index (Phi) is 2.83. The van der Waals surface area contributed by atoms with Gasteiger partial charge in [-0.25, -0.2) is 0 Å². The molecule has 0 saturated carbocycles. The molecule has 2 aromatic rings. The quantitative estimate of drug-likeness (QED) is 0.579. The summed E-state index contributed by atoms with van der Waals surface area (Å²) in [5, 5.41) is 1.01. The predicted molar refractivity (Wildman–Crippen MR) is 62.7 cm³/mol. The van der Waals surface area contributed by atoms with E-state index in [-0.39, 0.29) is 0 Å². The van der Waals surface area contributed by atoms with Crippen LogP contribution >= 0.6 is 12.2 Å². The fourth-order valence-corrected chi connectivity index (χ4v) is 1.44. The minimum absolute atomic E-state index is 0.475. The van der Waals surface area contributed by atoms with Crippen molar-refractivity contribution in [3.63, 3.8) is 0 Å². The molecular formula is C12H10O2S. The second-order valence-electron chi connectivity index (χ2n) is 3.05. The molecule has 0 aliphatic heterocycles. The number of ether oxygens (including phenoxy) is 1. The molecular weight excluding hydrogens is 208 g/mol. The van der Waals surface area contributed by atoms with E-state index in [9.17, 15) is 0 Å². The van der Waals surface area contributed by atoms with Crippen LogP contribution in [-0.4, -0.2) is 6.61 Å². The van der Waals surface area contributed by atoms with Gasteiger partial charge in [0.2, 0.25) is 0 Å². The molecule has 0 aliphatic rings. The van der Waals surface area contributed by atoms with Crippen LogP contribution in [0.3, 0.4) is 0 Å². The minimum Gasteiger partial charge on any atom is -0.489 e. The van der Waals surface area contributed by atoms with Crippen molar-refractivity contribution in [2.24, 2.45) is 0 Å². The molecule has 15 heavy (non-hydrogen) atoms. The first-order chi connectivity index (χ1) is 7.29. The Morgan fingerprint density at radius 2 is 2.13 bits per heavy atom. The van der Waals surface area contributed by atoms with Gasteiger partial charge in [-0.15, -0.1) is 0 Å². The van der Waals surface area contributed by atoms with Crippen molar-refractivity contribution < 1.29 is 9.15 Å². The van der Waals surface area contributed by atoms with Crippen LogP contribution in [0.5, 0.6) is 5.75 Å². The van der Waals surface area contributed by atoms with E-state index in [1.54, 1.807) is 12.1 Å². The topological polar surface area (TPSA) is 22.4 Å². The fourth-order valence-electron chi connectivity index (χ4n) is 1.29. The maximum absolute atomic E-state index is 5.39. The van der Waals surface area contributed by atoms with E-state index in [4.69, 9.17) is 21.4 Å². The van der Waals surface area contributed by atoms with Gasteiger partial charge in [0.1, 0.15) is 17.9 Å². The Bertz CT molecular complexity index is 543. The molecule has 3 heteroatoms. The van der Waals surface area contributed by atoms with Crippen LogP contribution in [0, 0.1) is 4.71 Å². The van der Waals surface area contributed by atoms with Crippen LogP contribution in [0.1, 0.15) is 0 Å². The number of fused-ring (bicyclic) bond motifs is 1. The first-order valence-corrected chi connectivity index (χ1v) is 4.98. The van der Waals surface area contributed by atoms with Crippen LogP contribution in [0.25, 0.3) is 11.0 Å². The molecule has 2 nitrogen and oxygen atoms in total. The van der Waals surface area contributed by atoms with E-state index in [2.05, 4.69) is 6.58 Å². The van der Waals surface area contributed by atoms with Gasteiger partial charge in [0.25, 0.3) is 0 Å². The lowest BCUT2D eigenvalue weighted by atomic mass is 10.2. The second-order valence-corrected chi connectivity index (χ2v) is 3.46. The van der Waals surface area contributed by atoms with E-state index in [1.165, 1.54) is 0 Å². The summed E-state index contributed by atoms with van der Waals surface area (Å²) < 4.78 is 11.3. The molecule has 0 bridgehead atoms. The van der Waals surface area contributed by atoms with Gasteiger partial charge in [-0.2, -0.15) is 0 Å². The van der Waals surface area contributed by atoms with Gasteiger partial charge >= 0.3 is 0 Å². The molecule has 1 heterocycles. The number of rotatable bonds is 3. The largest absolute Gasteiger partial charge is 0.489 e. The van der Waals surface area contributed by atoms with Crippen molar-refractivity contribution in [2.75, 3.05) is 6.61 Å². The van der Waals surface area contributed by atoms with E-state index in [1.807, 2.05) is 24.3 Å². The number of hydrogen-bond donors (Lipinski definition) is 0. The molecule has 76 valence electrons. The van der Waals surface area contributed by atoms with Gasteiger partial charge in [-0.05, 0) is 36.5 Å². The van der Waals surface area contributed by atoms with Crippen LogP contribution in [0.2, 0.25) is 0 Å². The lowest BCUT2D eigenvalue weighted by molar-refractivity contribution is 0.363. The van der Waals surface area contributed by atoms with E-state index < -0.39 is 0 Å². The average molecular weight is 218 g/mol. The normalized spacial score (nSPS) is 10.1.